The number of amides is 3. The Kier molecular flexibility index (Phi) is 11.1. The predicted octanol–water partition coefficient (Wildman–Crippen LogP) is 3.59. The number of carbonyl (C=O) groups is 4. The van der Waals surface area contributed by atoms with Crippen LogP contribution in [-0.4, -0.2) is 47.8 Å². The zero-order valence-corrected chi connectivity index (χ0v) is 22.9. The van der Waals surface area contributed by atoms with E-state index in [0.717, 1.165) is 5.56 Å². The van der Waals surface area contributed by atoms with Crippen LogP contribution < -0.4 is 25.4 Å². The van der Waals surface area contributed by atoms with Gasteiger partial charge in [-0.1, -0.05) is 44.2 Å². The van der Waals surface area contributed by atoms with Crippen LogP contribution in [0.3, 0.4) is 0 Å². The van der Waals surface area contributed by atoms with E-state index in [1.807, 2.05) is 36.4 Å². The molecule has 3 amide bonds. The van der Waals surface area contributed by atoms with Crippen molar-refractivity contribution < 1.29 is 38.9 Å². The summed E-state index contributed by atoms with van der Waals surface area (Å²) in [5.74, 6) is -2.46. The Morgan fingerprint density at radius 1 is 1.11 bits per heavy atom. The first-order valence-electron chi connectivity index (χ1n) is 11.5. The van der Waals surface area contributed by atoms with E-state index in [9.17, 15) is 9.59 Å². The number of rotatable bonds is 8. The molecule has 12 heteroatoms. The van der Waals surface area contributed by atoms with E-state index in [2.05, 4.69) is 45.7 Å². The third-order valence-electron chi connectivity index (χ3n) is 5.14. The van der Waals surface area contributed by atoms with Gasteiger partial charge in [-0.25, -0.2) is 14.4 Å². The van der Waals surface area contributed by atoms with Crippen molar-refractivity contribution in [3.05, 3.63) is 69.3 Å². The number of hydrogen-bond acceptors (Lipinski definition) is 6. The molecule has 1 aliphatic rings. The van der Waals surface area contributed by atoms with Gasteiger partial charge in [0.05, 0.1) is 29.8 Å². The molecule has 0 fully saturated rings. The number of carbonyl (C=O) groups excluding carboxylic acids is 2. The largest absolute Gasteiger partial charge is 0.493 e. The lowest BCUT2D eigenvalue weighted by molar-refractivity contribution is -0.159. The molecule has 0 radical (unpaired) electrons. The van der Waals surface area contributed by atoms with Crippen LogP contribution in [0.2, 0.25) is 0 Å². The quantitative estimate of drug-likeness (QED) is 0.291. The third kappa shape index (κ3) is 8.51. The highest BCUT2D eigenvalue weighted by molar-refractivity contribution is 9.10. The van der Waals surface area contributed by atoms with Crippen molar-refractivity contribution >= 4 is 39.8 Å². The van der Waals surface area contributed by atoms with Gasteiger partial charge in [0.25, 0.3) is 5.91 Å². The maximum Gasteiger partial charge on any atom is 0.414 e. The summed E-state index contributed by atoms with van der Waals surface area (Å²) in [5, 5.41) is 23.3. The molecule has 0 spiro atoms. The van der Waals surface area contributed by atoms with Crippen molar-refractivity contribution in [3.8, 4) is 11.5 Å². The number of aliphatic carboxylic acids is 2. The van der Waals surface area contributed by atoms with Gasteiger partial charge in [-0.05, 0) is 52.0 Å². The molecule has 38 heavy (non-hydrogen) atoms. The normalized spacial score (nSPS) is 14.5. The predicted molar refractivity (Wildman–Crippen MR) is 142 cm³/mol. The van der Waals surface area contributed by atoms with Gasteiger partial charge in [-0.15, -0.1) is 0 Å². The summed E-state index contributed by atoms with van der Waals surface area (Å²) >= 11 is 3.55. The van der Waals surface area contributed by atoms with Crippen LogP contribution in [0.1, 0.15) is 37.9 Å². The average Bonchev–Trinajstić information content (AvgIpc) is 2.86. The van der Waals surface area contributed by atoms with E-state index >= 15 is 0 Å². The minimum atomic E-state index is -1.82. The number of allylic oxidation sites excluding steroid dienone is 1. The smallest absolute Gasteiger partial charge is 0.414 e. The summed E-state index contributed by atoms with van der Waals surface area (Å²) in [6.45, 7) is 6.76. The second kappa shape index (κ2) is 14.0. The minimum absolute atomic E-state index is 0.265. The number of methoxy groups -OCH3 is 1. The molecule has 11 nitrogen and oxygen atoms in total. The number of nitrogens with one attached hydrogen (secondary N) is 3. The number of carboxylic acids is 2. The standard InChI is InChI=1S/C24H28BrN3O4.C2H2O4/c1-14(2)13-32-22-18(25)10-17(11-19(22)31-4)21-20(15(3)27-24(30)28-21)23(29)26-12-16-8-6-5-7-9-16;3-1(4)2(5)6/h5-11,14,21H,12-13H2,1-4H3,(H,26,29)(H2,27,28,30);(H,3,4)(H,5,6). The molecular formula is C26H30BrN3O8. The van der Waals surface area contributed by atoms with Crippen molar-refractivity contribution in [3.63, 3.8) is 0 Å². The Morgan fingerprint density at radius 3 is 2.29 bits per heavy atom. The fourth-order valence-corrected chi connectivity index (χ4v) is 3.99. The SMILES string of the molecule is COc1cc(C2NC(=O)NC(C)=C2C(=O)NCc2ccccc2)cc(Br)c1OCC(C)C.O=C(O)C(=O)O. The number of ether oxygens (including phenoxy) is 2. The second-order valence-corrected chi connectivity index (χ2v) is 9.44. The number of halogens is 1. The highest BCUT2D eigenvalue weighted by Gasteiger charge is 2.32. The summed E-state index contributed by atoms with van der Waals surface area (Å²) < 4.78 is 12.1. The average molecular weight is 592 g/mol. The lowest BCUT2D eigenvalue weighted by Crippen LogP contribution is -2.46. The zero-order chi connectivity index (χ0) is 28.4. The van der Waals surface area contributed by atoms with E-state index in [4.69, 9.17) is 29.3 Å². The van der Waals surface area contributed by atoms with Crippen LogP contribution >= 0.6 is 15.9 Å². The number of hydrogen-bond donors (Lipinski definition) is 5. The number of carboxylic acid groups (broad SMARTS) is 2. The van der Waals surface area contributed by atoms with Crippen molar-refractivity contribution in [2.24, 2.45) is 5.92 Å². The van der Waals surface area contributed by atoms with Gasteiger partial charge in [0.1, 0.15) is 0 Å². The minimum Gasteiger partial charge on any atom is -0.493 e. The number of benzene rings is 2. The molecule has 0 aliphatic carbocycles. The van der Waals surface area contributed by atoms with E-state index in [1.165, 1.54) is 0 Å². The van der Waals surface area contributed by atoms with Gasteiger partial charge in [-0.3, -0.25) is 4.79 Å². The Hall–Kier alpha value is -4.06. The van der Waals surface area contributed by atoms with Crippen LogP contribution in [0.25, 0.3) is 0 Å². The van der Waals surface area contributed by atoms with Crippen molar-refractivity contribution in [1.82, 2.24) is 16.0 Å². The molecule has 1 atom stereocenters. The fourth-order valence-electron chi connectivity index (χ4n) is 3.41. The first kappa shape index (κ1) is 30.2. The summed E-state index contributed by atoms with van der Waals surface area (Å²) in [7, 11) is 1.56. The van der Waals surface area contributed by atoms with Crippen LogP contribution in [-0.2, 0) is 20.9 Å². The van der Waals surface area contributed by atoms with Gasteiger partial charge in [0, 0.05) is 12.2 Å². The topological polar surface area (TPSA) is 163 Å². The maximum absolute atomic E-state index is 13.1. The Morgan fingerprint density at radius 2 is 1.74 bits per heavy atom. The second-order valence-electron chi connectivity index (χ2n) is 8.59. The molecule has 2 aromatic carbocycles. The van der Waals surface area contributed by atoms with E-state index < -0.39 is 18.0 Å². The van der Waals surface area contributed by atoms with Crippen molar-refractivity contribution in [1.29, 1.82) is 0 Å². The van der Waals surface area contributed by atoms with Gasteiger partial charge in [0.2, 0.25) is 0 Å². The highest BCUT2D eigenvalue weighted by atomic mass is 79.9. The summed E-state index contributed by atoms with van der Waals surface area (Å²) in [6, 6.07) is 12.3. The molecule has 0 bridgehead atoms. The van der Waals surface area contributed by atoms with Crippen LogP contribution in [0, 0.1) is 5.92 Å². The molecule has 2 aromatic rings. The van der Waals surface area contributed by atoms with Crippen LogP contribution in [0.4, 0.5) is 4.79 Å². The molecule has 0 saturated heterocycles. The van der Waals surface area contributed by atoms with E-state index in [1.54, 1.807) is 20.1 Å². The number of urea groups is 1. The Bertz CT molecular complexity index is 1200. The first-order chi connectivity index (χ1) is 17.9. The highest BCUT2D eigenvalue weighted by Crippen LogP contribution is 2.40. The Balaban J connectivity index is 0.000000757. The van der Waals surface area contributed by atoms with Gasteiger partial charge in [0.15, 0.2) is 11.5 Å². The molecule has 5 N–H and O–H groups in total. The van der Waals surface area contributed by atoms with Gasteiger partial charge >= 0.3 is 18.0 Å². The molecule has 1 heterocycles. The summed E-state index contributed by atoms with van der Waals surface area (Å²) in [6.07, 6.45) is 0. The van der Waals surface area contributed by atoms with E-state index in [-0.39, 0.29) is 11.9 Å². The van der Waals surface area contributed by atoms with E-state index in [0.29, 0.717) is 51.9 Å². The summed E-state index contributed by atoms with van der Waals surface area (Å²) in [4.78, 5) is 43.6. The fraction of sp³-hybridized carbons (Fsp3) is 0.308. The monoisotopic (exact) mass is 591 g/mol. The van der Waals surface area contributed by atoms with Gasteiger partial charge in [-0.2, -0.15) is 0 Å². The lowest BCUT2D eigenvalue weighted by Gasteiger charge is -2.29. The molecule has 1 unspecified atom stereocenters. The molecule has 0 saturated carbocycles. The van der Waals surface area contributed by atoms with Gasteiger partial charge < -0.3 is 35.6 Å². The molecule has 3 rings (SSSR count). The Labute approximate surface area is 228 Å². The zero-order valence-electron chi connectivity index (χ0n) is 21.3. The van der Waals surface area contributed by atoms with Crippen molar-refractivity contribution in [2.75, 3.05) is 13.7 Å². The van der Waals surface area contributed by atoms with Crippen LogP contribution in [0.5, 0.6) is 11.5 Å². The molecular weight excluding hydrogens is 562 g/mol. The molecule has 204 valence electrons. The lowest BCUT2D eigenvalue weighted by atomic mass is 9.94. The van der Waals surface area contributed by atoms with Crippen molar-refractivity contribution in [2.45, 2.75) is 33.4 Å². The first-order valence-corrected chi connectivity index (χ1v) is 12.3. The maximum atomic E-state index is 13.1. The molecule has 0 aromatic heterocycles. The molecule has 1 aliphatic heterocycles. The summed E-state index contributed by atoms with van der Waals surface area (Å²) in [5.41, 5.74) is 2.62. The van der Waals surface area contributed by atoms with Crippen LogP contribution in [0.15, 0.2) is 58.2 Å². The third-order valence-corrected chi connectivity index (χ3v) is 5.73.